The predicted octanol–water partition coefficient (Wildman–Crippen LogP) is 6.45. The van der Waals surface area contributed by atoms with Gasteiger partial charge in [-0.2, -0.15) is 13.2 Å². The van der Waals surface area contributed by atoms with Crippen LogP contribution in [-0.4, -0.2) is 18.6 Å². The number of hydrogen-bond acceptors (Lipinski definition) is 4. The highest BCUT2D eigenvalue weighted by atomic mass is 35.5. The van der Waals surface area contributed by atoms with Crippen LogP contribution in [0.25, 0.3) is 22.1 Å². The molecule has 0 saturated heterocycles. The zero-order valence-electron chi connectivity index (χ0n) is 19.2. The van der Waals surface area contributed by atoms with E-state index in [0.29, 0.717) is 11.8 Å². The van der Waals surface area contributed by atoms with Gasteiger partial charge in [-0.25, -0.2) is 0 Å². The number of rotatable bonds is 5. The molecule has 0 unspecified atom stereocenters. The van der Waals surface area contributed by atoms with Crippen LogP contribution in [0.1, 0.15) is 38.9 Å². The first-order valence-corrected chi connectivity index (χ1v) is 11.8. The molecule has 1 aromatic heterocycles. The molecular weight excluding hydrogens is 483 g/mol. The van der Waals surface area contributed by atoms with E-state index in [1.54, 1.807) is 6.07 Å². The maximum absolute atomic E-state index is 13.8. The van der Waals surface area contributed by atoms with Gasteiger partial charge in [0.2, 0.25) is 11.2 Å². The highest BCUT2D eigenvalue weighted by Gasteiger charge is 2.40. The molecule has 4 rings (SSSR count). The van der Waals surface area contributed by atoms with Gasteiger partial charge in [-0.05, 0) is 36.5 Å². The second kappa shape index (κ2) is 9.93. The Balaban J connectivity index is 1.61. The molecule has 1 saturated carbocycles. The molecule has 1 aliphatic rings. The van der Waals surface area contributed by atoms with Crippen LogP contribution in [0.3, 0.4) is 0 Å². The van der Waals surface area contributed by atoms with Gasteiger partial charge in [0.25, 0.3) is 5.91 Å². The Morgan fingerprint density at radius 2 is 1.91 bits per heavy atom. The Kier molecular flexibility index (Phi) is 7.12. The normalized spacial score (nSPS) is 20.6. The number of fused-ring (bicyclic) bond motifs is 1. The van der Waals surface area contributed by atoms with Gasteiger partial charge in [0, 0.05) is 22.7 Å². The van der Waals surface area contributed by atoms with Crippen molar-refractivity contribution in [1.82, 2.24) is 5.32 Å². The minimum atomic E-state index is -4.94. The van der Waals surface area contributed by atoms with E-state index in [4.69, 9.17) is 20.8 Å². The van der Waals surface area contributed by atoms with Crippen molar-refractivity contribution in [3.05, 3.63) is 63.5 Å². The first-order valence-electron chi connectivity index (χ1n) is 11.4. The third-order valence-corrected chi connectivity index (χ3v) is 7.02. The Hall–Kier alpha value is -3.00. The van der Waals surface area contributed by atoms with E-state index in [9.17, 15) is 22.8 Å². The van der Waals surface area contributed by atoms with Crippen molar-refractivity contribution in [2.45, 2.75) is 45.3 Å². The molecule has 2 aromatic carbocycles. The van der Waals surface area contributed by atoms with E-state index < -0.39 is 22.9 Å². The van der Waals surface area contributed by atoms with Gasteiger partial charge in [-0.1, -0.05) is 56.5 Å². The number of halogens is 4. The Bertz CT molecular complexity index is 1300. The highest BCUT2D eigenvalue weighted by molar-refractivity contribution is 6.33. The summed E-state index contributed by atoms with van der Waals surface area (Å²) in [5, 5.41) is 2.91. The molecular formula is C26H25ClF3NO4. The van der Waals surface area contributed by atoms with Crippen LogP contribution in [0.15, 0.2) is 51.7 Å². The van der Waals surface area contributed by atoms with E-state index in [1.165, 1.54) is 36.4 Å². The average molecular weight is 508 g/mol. The van der Waals surface area contributed by atoms with Gasteiger partial charge in [0.1, 0.15) is 11.3 Å². The van der Waals surface area contributed by atoms with Crippen LogP contribution in [-0.2, 0) is 11.0 Å². The highest BCUT2D eigenvalue weighted by Crippen LogP contribution is 2.39. The summed E-state index contributed by atoms with van der Waals surface area (Å²) in [6, 6.07) is 9.75. The Labute approximate surface area is 205 Å². The lowest BCUT2D eigenvalue weighted by Crippen LogP contribution is -2.45. The van der Waals surface area contributed by atoms with Gasteiger partial charge < -0.3 is 14.5 Å². The van der Waals surface area contributed by atoms with E-state index >= 15 is 0 Å². The monoisotopic (exact) mass is 507 g/mol. The van der Waals surface area contributed by atoms with Crippen molar-refractivity contribution in [1.29, 1.82) is 0 Å². The molecule has 35 heavy (non-hydrogen) atoms. The third kappa shape index (κ3) is 5.32. The van der Waals surface area contributed by atoms with Gasteiger partial charge in [0.05, 0.1) is 10.9 Å². The number of carbonyl (C=O) groups excluding carboxylic acids is 1. The van der Waals surface area contributed by atoms with Crippen molar-refractivity contribution in [2.24, 2.45) is 11.8 Å². The van der Waals surface area contributed by atoms with Crippen molar-refractivity contribution < 1.29 is 27.1 Å². The van der Waals surface area contributed by atoms with Crippen molar-refractivity contribution in [2.75, 3.05) is 6.61 Å². The minimum Gasteiger partial charge on any atom is -0.484 e. The summed E-state index contributed by atoms with van der Waals surface area (Å²) in [4.78, 5) is 25.5. The van der Waals surface area contributed by atoms with Crippen LogP contribution < -0.4 is 15.5 Å². The van der Waals surface area contributed by atoms with Crippen molar-refractivity contribution in [3.8, 4) is 16.9 Å². The fraction of sp³-hybridized carbons (Fsp3) is 0.385. The largest absolute Gasteiger partial charge is 0.484 e. The average Bonchev–Trinajstić information content (AvgIpc) is 2.80. The van der Waals surface area contributed by atoms with Crippen LogP contribution in [0, 0.1) is 11.8 Å². The van der Waals surface area contributed by atoms with E-state index in [0.717, 1.165) is 19.3 Å². The van der Waals surface area contributed by atoms with E-state index in [-0.39, 0.29) is 45.9 Å². The van der Waals surface area contributed by atoms with Crippen LogP contribution in [0.4, 0.5) is 13.2 Å². The lowest BCUT2D eigenvalue weighted by atomic mass is 9.78. The summed E-state index contributed by atoms with van der Waals surface area (Å²) in [6.07, 6.45) is -1.87. The maximum atomic E-state index is 13.8. The SMILES string of the molecule is C[C@@H]1[C@H](C)CCC[C@H]1NC(=O)COc1ccc2c(=O)c(-c3ccccc3Cl)c(C(F)(F)F)oc2c1. The summed E-state index contributed by atoms with van der Waals surface area (Å²) in [7, 11) is 0. The first kappa shape index (κ1) is 25.1. The topological polar surface area (TPSA) is 68.5 Å². The molecule has 3 atom stereocenters. The molecule has 186 valence electrons. The van der Waals surface area contributed by atoms with Crippen LogP contribution >= 0.6 is 11.6 Å². The number of nitrogens with one attached hydrogen (secondary N) is 1. The van der Waals surface area contributed by atoms with Gasteiger partial charge in [-0.3, -0.25) is 9.59 Å². The minimum absolute atomic E-state index is 0.00251. The van der Waals surface area contributed by atoms with Crippen LogP contribution in [0.2, 0.25) is 5.02 Å². The second-order valence-corrected chi connectivity index (χ2v) is 9.41. The number of benzene rings is 2. The number of amides is 1. The Morgan fingerprint density at radius 1 is 1.17 bits per heavy atom. The first-order chi connectivity index (χ1) is 16.6. The summed E-state index contributed by atoms with van der Waals surface area (Å²) in [5.74, 6) is -0.798. The van der Waals surface area contributed by atoms with Gasteiger partial charge in [0.15, 0.2) is 6.61 Å². The molecule has 0 radical (unpaired) electrons. The molecule has 0 aliphatic heterocycles. The fourth-order valence-corrected chi connectivity index (χ4v) is 4.78. The standard InChI is InChI=1S/C26H25ClF3NO4/c1-14-6-5-9-20(15(14)2)31-22(32)13-34-16-10-11-18-21(12-16)35-25(26(28,29)30)23(24(18)33)17-7-3-4-8-19(17)27/h3-4,7-8,10-12,14-15,20H,5-6,9,13H2,1-2H3,(H,31,32)/t14-,15-,20-/m1/s1. The maximum Gasteiger partial charge on any atom is 0.450 e. The zero-order valence-corrected chi connectivity index (χ0v) is 20.0. The zero-order chi connectivity index (χ0) is 25.3. The second-order valence-electron chi connectivity index (χ2n) is 9.00. The lowest BCUT2D eigenvalue weighted by molar-refractivity contribution is -0.152. The predicted molar refractivity (Wildman–Crippen MR) is 128 cm³/mol. The van der Waals surface area contributed by atoms with Gasteiger partial charge >= 0.3 is 6.18 Å². The molecule has 1 amide bonds. The number of alkyl halides is 3. The fourth-order valence-electron chi connectivity index (χ4n) is 4.55. The molecule has 1 fully saturated rings. The van der Waals surface area contributed by atoms with Crippen molar-refractivity contribution >= 4 is 28.5 Å². The molecule has 0 spiro atoms. The van der Waals surface area contributed by atoms with Crippen LogP contribution in [0.5, 0.6) is 5.75 Å². The molecule has 1 heterocycles. The number of carbonyl (C=O) groups is 1. The summed E-state index contributed by atoms with van der Waals surface area (Å²) >= 11 is 6.08. The molecule has 1 aliphatic carbocycles. The smallest absolute Gasteiger partial charge is 0.450 e. The summed E-state index contributed by atoms with van der Waals surface area (Å²) in [6.45, 7) is 3.96. The van der Waals surface area contributed by atoms with Gasteiger partial charge in [-0.15, -0.1) is 0 Å². The third-order valence-electron chi connectivity index (χ3n) is 6.69. The number of ether oxygens (including phenoxy) is 1. The molecule has 9 heteroatoms. The van der Waals surface area contributed by atoms with Crippen molar-refractivity contribution in [3.63, 3.8) is 0 Å². The molecule has 0 bridgehead atoms. The van der Waals surface area contributed by atoms with E-state index in [2.05, 4.69) is 19.2 Å². The Morgan fingerprint density at radius 3 is 2.63 bits per heavy atom. The quantitative estimate of drug-likeness (QED) is 0.431. The molecule has 5 nitrogen and oxygen atoms in total. The summed E-state index contributed by atoms with van der Waals surface area (Å²) < 4.78 is 52.2. The van der Waals surface area contributed by atoms with E-state index in [1.807, 2.05) is 0 Å². The molecule has 1 N–H and O–H groups in total. The number of hydrogen-bond donors (Lipinski definition) is 1. The lowest BCUT2D eigenvalue weighted by Gasteiger charge is -2.34. The summed E-state index contributed by atoms with van der Waals surface area (Å²) in [5.41, 5.74) is -1.89. The molecule has 3 aromatic rings.